The van der Waals surface area contributed by atoms with Crippen molar-refractivity contribution >= 4 is 71.5 Å². The molecule has 0 saturated carbocycles. The van der Waals surface area contributed by atoms with Gasteiger partial charge in [-0.1, -0.05) is 109 Å². The Balaban J connectivity index is 0.000000184. The largest absolute Gasteiger partial charge is 0.493 e. The minimum atomic E-state index is -1.38. The quantitative estimate of drug-likeness (QED) is 0.0617. The molecule has 0 radical (unpaired) electrons. The van der Waals surface area contributed by atoms with Crippen LogP contribution in [0.2, 0.25) is 0 Å². The summed E-state index contributed by atoms with van der Waals surface area (Å²) in [4.78, 5) is 0. The second-order valence-electron chi connectivity index (χ2n) is 16.4. The first-order valence-corrected chi connectivity index (χ1v) is 28.7. The fraction of sp³-hybridized carbons (Fsp3) is 0.143. The number of para-hydroxylation sites is 9. The van der Waals surface area contributed by atoms with Crippen molar-refractivity contribution in [3.63, 3.8) is 0 Å². The SMILES string of the molecule is COc1ccccc1[PH+](c1ccccc1OC)c1ccccc1OC.COc1ccccc1[PH+](c1ccccc1OC)c1ccccc1OC.COc1ccccc1[PH+](c1ccccc1OC)c1ccccc1OC.[Pd]. The Morgan fingerprint density at radius 3 is 0.355 bits per heavy atom. The van der Waals surface area contributed by atoms with Crippen LogP contribution in [-0.4, -0.2) is 64.0 Å². The molecular formula is C63H66O9P3Pd+3. The molecule has 0 bridgehead atoms. The van der Waals surface area contributed by atoms with E-state index in [-0.39, 0.29) is 20.4 Å². The van der Waals surface area contributed by atoms with Gasteiger partial charge in [0.15, 0.2) is 51.7 Å². The fourth-order valence-corrected chi connectivity index (χ4v) is 17.8. The van der Waals surface area contributed by atoms with Crippen molar-refractivity contribution in [3.05, 3.63) is 218 Å². The van der Waals surface area contributed by atoms with Crippen LogP contribution in [0.4, 0.5) is 0 Å². The summed E-state index contributed by atoms with van der Waals surface area (Å²) in [6.07, 6.45) is 0. The molecule has 0 saturated heterocycles. The maximum atomic E-state index is 5.66. The molecule has 0 unspecified atom stereocenters. The van der Waals surface area contributed by atoms with E-state index in [2.05, 4.69) is 54.6 Å². The molecule has 9 aromatic carbocycles. The van der Waals surface area contributed by atoms with Gasteiger partial charge < -0.3 is 42.6 Å². The average Bonchev–Trinajstić information content (AvgIpc) is 3.49. The number of hydrogen-bond donors (Lipinski definition) is 0. The van der Waals surface area contributed by atoms with Crippen LogP contribution < -0.4 is 90.4 Å². The summed E-state index contributed by atoms with van der Waals surface area (Å²) in [5.74, 6) is 7.94. The van der Waals surface area contributed by atoms with E-state index in [1.54, 1.807) is 64.0 Å². The molecule has 9 rings (SSSR count). The van der Waals surface area contributed by atoms with Gasteiger partial charge in [-0.05, 0) is 109 Å². The predicted octanol–water partition coefficient (Wildman–Crippen LogP) is 9.61. The van der Waals surface area contributed by atoms with Crippen LogP contribution in [0.15, 0.2) is 218 Å². The van der Waals surface area contributed by atoms with E-state index >= 15 is 0 Å². The third kappa shape index (κ3) is 13.7. The normalized spacial score (nSPS) is 10.4. The van der Waals surface area contributed by atoms with Gasteiger partial charge in [0, 0.05) is 20.4 Å². The van der Waals surface area contributed by atoms with Gasteiger partial charge in [-0.3, -0.25) is 0 Å². The third-order valence-corrected chi connectivity index (χ3v) is 21.0. The average molecular weight is 1170 g/mol. The molecule has 0 amide bonds. The van der Waals surface area contributed by atoms with Crippen molar-refractivity contribution in [3.8, 4) is 51.7 Å². The topological polar surface area (TPSA) is 83.1 Å². The standard InChI is InChI=1S/3C21H21O3P.Pd/c3*1-22-16-10-4-7-13-19(16)25(20-14-8-5-11-17(20)23-2)21-15-9-6-12-18(21)24-3;/h3*4-15H,1-3H3;/p+3. The molecule has 0 spiro atoms. The van der Waals surface area contributed by atoms with Crippen LogP contribution in [-0.2, 0) is 20.4 Å². The van der Waals surface area contributed by atoms with Crippen molar-refractivity contribution in [2.45, 2.75) is 0 Å². The molecule has 13 heteroatoms. The minimum Gasteiger partial charge on any atom is -0.493 e. The molecule has 0 aliphatic carbocycles. The Kier molecular flexibility index (Phi) is 23.1. The molecule has 9 nitrogen and oxygen atoms in total. The van der Waals surface area contributed by atoms with Crippen molar-refractivity contribution in [2.75, 3.05) is 64.0 Å². The first-order chi connectivity index (χ1) is 36.9. The first-order valence-electron chi connectivity index (χ1n) is 24.2. The molecule has 0 atom stereocenters. The Bertz CT molecular complexity index is 2550. The Morgan fingerprint density at radius 2 is 0.263 bits per heavy atom. The van der Waals surface area contributed by atoms with Gasteiger partial charge in [0.1, 0.15) is 71.5 Å². The second-order valence-corrected chi connectivity index (χ2v) is 23.5. The zero-order valence-corrected chi connectivity index (χ0v) is 48.8. The van der Waals surface area contributed by atoms with E-state index in [4.69, 9.17) is 42.6 Å². The molecule has 0 N–H and O–H groups in total. The molecule has 0 heterocycles. The van der Waals surface area contributed by atoms with Gasteiger partial charge in [-0.25, -0.2) is 0 Å². The van der Waals surface area contributed by atoms with Crippen LogP contribution in [0.25, 0.3) is 0 Å². The van der Waals surface area contributed by atoms with Gasteiger partial charge in [0.2, 0.25) is 0 Å². The van der Waals surface area contributed by atoms with Gasteiger partial charge in [-0.2, -0.15) is 0 Å². The predicted molar refractivity (Wildman–Crippen MR) is 319 cm³/mol. The van der Waals surface area contributed by atoms with Crippen molar-refractivity contribution in [2.24, 2.45) is 0 Å². The number of benzene rings is 9. The Hall–Kier alpha value is -6.87. The van der Waals surface area contributed by atoms with Crippen LogP contribution in [0.1, 0.15) is 0 Å². The van der Waals surface area contributed by atoms with Gasteiger partial charge >= 0.3 is 0 Å². The third-order valence-electron chi connectivity index (χ3n) is 12.4. The van der Waals surface area contributed by atoms with E-state index in [0.717, 1.165) is 51.7 Å². The first kappa shape index (κ1) is 58.4. The van der Waals surface area contributed by atoms with E-state index in [9.17, 15) is 0 Å². The van der Waals surface area contributed by atoms with Crippen molar-refractivity contribution < 1.29 is 63.1 Å². The van der Waals surface area contributed by atoms with Crippen LogP contribution in [0.5, 0.6) is 51.7 Å². The number of rotatable bonds is 18. The molecule has 0 aliphatic rings. The summed E-state index contributed by atoms with van der Waals surface area (Å²) >= 11 is 0. The summed E-state index contributed by atoms with van der Waals surface area (Å²) in [6.45, 7) is 0. The maximum absolute atomic E-state index is 5.66. The Morgan fingerprint density at radius 1 is 0.171 bits per heavy atom. The van der Waals surface area contributed by atoms with Crippen molar-refractivity contribution in [1.82, 2.24) is 0 Å². The summed E-state index contributed by atoms with van der Waals surface area (Å²) < 4.78 is 50.9. The molecule has 0 aliphatic heterocycles. The van der Waals surface area contributed by atoms with E-state index in [1.165, 1.54) is 47.7 Å². The fourth-order valence-electron chi connectivity index (χ4n) is 8.97. The summed E-state index contributed by atoms with van der Waals surface area (Å²) in [5.41, 5.74) is 0. The number of methoxy groups -OCH3 is 9. The maximum Gasteiger partial charge on any atom is 0.161 e. The second kappa shape index (κ2) is 30.0. The molecule has 394 valence electrons. The van der Waals surface area contributed by atoms with Gasteiger partial charge in [-0.15, -0.1) is 0 Å². The molecule has 0 fully saturated rings. The number of ether oxygens (including phenoxy) is 9. The molecule has 9 aromatic rings. The van der Waals surface area contributed by atoms with E-state index in [1.807, 2.05) is 164 Å². The summed E-state index contributed by atoms with van der Waals surface area (Å²) in [7, 11) is 11.3. The smallest absolute Gasteiger partial charge is 0.161 e. The van der Waals surface area contributed by atoms with Crippen molar-refractivity contribution in [1.29, 1.82) is 0 Å². The Labute approximate surface area is 465 Å². The molecule has 76 heavy (non-hydrogen) atoms. The van der Waals surface area contributed by atoms with Crippen LogP contribution in [0, 0.1) is 0 Å². The van der Waals surface area contributed by atoms with Crippen LogP contribution in [0.3, 0.4) is 0 Å². The van der Waals surface area contributed by atoms with E-state index < -0.39 is 23.8 Å². The van der Waals surface area contributed by atoms with Gasteiger partial charge in [0.05, 0.1) is 64.0 Å². The number of hydrogen-bond acceptors (Lipinski definition) is 9. The minimum absolute atomic E-state index is 0. The zero-order chi connectivity index (χ0) is 52.9. The zero-order valence-electron chi connectivity index (χ0n) is 44.3. The van der Waals surface area contributed by atoms with E-state index in [0.29, 0.717) is 0 Å². The van der Waals surface area contributed by atoms with Gasteiger partial charge in [0.25, 0.3) is 0 Å². The monoisotopic (exact) mass is 1170 g/mol. The molecular weight excluding hydrogens is 1100 g/mol. The molecule has 0 aromatic heterocycles. The summed E-state index contributed by atoms with van der Waals surface area (Å²) in [6, 6.07) is 73.6. The summed E-state index contributed by atoms with van der Waals surface area (Å²) in [5, 5.41) is 10.5. The van der Waals surface area contributed by atoms with Crippen LogP contribution >= 0.6 is 23.8 Å².